The highest BCUT2D eigenvalue weighted by Gasteiger charge is 2.14. The number of rotatable bonds is 0. The van der Waals surface area contributed by atoms with E-state index in [0.29, 0.717) is 0 Å². The molecule has 2 nitrogen and oxygen atoms in total. The van der Waals surface area contributed by atoms with Gasteiger partial charge in [0.05, 0.1) is 11.1 Å². The Balaban J connectivity index is 2.41. The van der Waals surface area contributed by atoms with E-state index in [1.54, 1.807) is 18.0 Å². The van der Waals surface area contributed by atoms with Crippen molar-refractivity contribution in [3.63, 3.8) is 0 Å². The van der Waals surface area contributed by atoms with E-state index >= 15 is 0 Å². The number of hydrogen-bond acceptors (Lipinski definition) is 3. The van der Waals surface area contributed by atoms with Crippen molar-refractivity contribution in [1.82, 2.24) is 0 Å². The van der Waals surface area contributed by atoms with Gasteiger partial charge >= 0.3 is 0 Å². The van der Waals surface area contributed by atoms with Crippen LogP contribution in [0.1, 0.15) is 0 Å². The van der Waals surface area contributed by atoms with Gasteiger partial charge in [0.15, 0.2) is 5.76 Å². The van der Waals surface area contributed by atoms with Crippen LogP contribution in [-0.4, -0.2) is 6.21 Å². The molecular formula is C11H7NOS. The molecule has 0 atom stereocenters. The Morgan fingerprint density at radius 1 is 1.21 bits per heavy atom. The van der Waals surface area contributed by atoms with Crippen molar-refractivity contribution in [3.8, 4) is 0 Å². The zero-order valence-corrected chi connectivity index (χ0v) is 8.12. The highest BCUT2D eigenvalue weighted by Crippen LogP contribution is 2.29. The highest BCUT2D eigenvalue weighted by atomic mass is 32.2. The Kier molecular flexibility index (Phi) is 1.70. The van der Waals surface area contributed by atoms with Gasteiger partial charge in [-0.15, -0.1) is 0 Å². The molecule has 0 N–H and O–H groups in total. The molecule has 0 saturated heterocycles. The Morgan fingerprint density at radius 3 is 3.14 bits per heavy atom. The maximum absolute atomic E-state index is 5.29. The van der Waals surface area contributed by atoms with Crippen molar-refractivity contribution in [3.05, 3.63) is 45.7 Å². The molecule has 68 valence electrons. The molecular weight excluding hydrogens is 194 g/mol. The molecule has 0 spiro atoms. The smallest absolute Gasteiger partial charge is 0.179 e. The van der Waals surface area contributed by atoms with Crippen LogP contribution in [0.4, 0.5) is 0 Å². The van der Waals surface area contributed by atoms with E-state index in [9.17, 15) is 0 Å². The molecule has 2 aliphatic rings. The molecule has 0 fully saturated rings. The summed E-state index contributed by atoms with van der Waals surface area (Å²) in [5, 5.41) is 8.24. The molecule has 3 rings (SSSR count). The van der Waals surface area contributed by atoms with Crippen LogP contribution in [0.5, 0.6) is 0 Å². The minimum absolute atomic E-state index is 0.871. The van der Waals surface area contributed by atoms with Crippen LogP contribution in [0, 0.1) is 0 Å². The van der Waals surface area contributed by atoms with Gasteiger partial charge in [-0.25, -0.2) is 0 Å². The lowest BCUT2D eigenvalue weighted by molar-refractivity contribution is 0.296. The Labute approximate surface area is 85.3 Å². The van der Waals surface area contributed by atoms with E-state index in [4.69, 9.17) is 4.84 Å². The fourth-order valence-electron chi connectivity index (χ4n) is 1.51. The predicted octanol–water partition coefficient (Wildman–Crippen LogP) is 1.18. The number of nitrogens with zero attached hydrogens (tertiary/aromatic N) is 1. The number of fused-ring (bicyclic) bond motifs is 2. The zero-order valence-electron chi connectivity index (χ0n) is 7.31. The molecule has 2 aliphatic heterocycles. The van der Waals surface area contributed by atoms with Crippen molar-refractivity contribution in [1.29, 1.82) is 0 Å². The van der Waals surface area contributed by atoms with Gasteiger partial charge in [0.2, 0.25) is 0 Å². The number of thioether (sulfide) groups is 1. The summed E-state index contributed by atoms with van der Waals surface area (Å²) in [5.74, 6) is 0.871. The van der Waals surface area contributed by atoms with E-state index in [0.717, 1.165) is 15.9 Å². The van der Waals surface area contributed by atoms with Crippen LogP contribution in [0.25, 0.3) is 11.2 Å². The summed E-state index contributed by atoms with van der Waals surface area (Å²) in [6.45, 7) is 0. The van der Waals surface area contributed by atoms with Gasteiger partial charge in [0, 0.05) is 5.22 Å². The monoisotopic (exact) mass is 201 g/mol. The van der Waals surface area contributed by atoms with E-state index in [2.05, 4.69) is 22.7 Å². The largest absolute Gasteiger partial charge is 0.355 e. The average Bonchev–Trinajstić information content (AvgIpc) is 2.29. The molecule has 0 aromatic heterocycles. The Morgan fingerprint density at radius 2 is 2.14 bits per heavy atom. The molecule has 1 aromatic carbocycles. The fourth-order valence-corrected chi connectivity index (χ4v) is 2.36. The van der Waals surface area contributed by atoms with Crippen molar-refractivity contribution in [2.24, 2.45) is 5.16 Å². The van der Waals surface area contributed by atoms with Crippen molar-refractivity contribution >= 4 is 29.1 Å². The van der Waals surface area contributed by atoms with E-state index < -0.39 is 0 Å². The molecule has 14 heavy (non-hydrogen) atoms. The summed E-state index contributed by atoms with van der Waals surface area (Å²) < 4.78 is 0. The van der Waals surface area contributed by atoms with Gasteiger partial charge < -0.3 is 4.84 Å². The molecule has 0 saturated carbocycles. The van der Waals surface area contributed by atoms with Crippen LogP contribution in [0.2, 0.25) is 0 Å². The third-order valence-corrected chi connectivity index (χ3v) is 3.12. The summed E-state index contributed by atoms with van der Waals surface area (Å²) in [6, 6.07) is 8.16. The lowest BCUT2D eigenvalue weighted by Crippen LogP contribution is -2.29. The molecule has 1 aromatic rings. The summed E-state index contributed by atoms with van der Waals surface area (Å²) in [6.07, 6.45) is 3.64. The van der Waals surface area contributed by atoms with E-state index in [1.165, 1.54) is 5.22 Å². The quantitative estimate of drug-likeness (QED) is 0.628. The standard InChI is InChI=1S/C11H7NOS/c1-2-4-9-8(3-1)7-14-10-5-6-12-13-11(9)10/h1-7H. The summed E-state index contributed by atoms with van der Waals surface area (Å²) in [5.41, 5.74) is 0. The molecule has 3 heteroatoms. The van der Waals surface area contributed by atoms with Crippen LogP contribution in [-0.2, 0) is 4.84 Å². The second-order valence-corrected chi connectivity index (χ2v) is 3.94. The number of allylic oxidation sites excluding steroid dienone is 1. The first-order chi connectivity index (χ1) is 6.95. The topological polar surface area (TPSA) is 21.6 Å². The first-order valence-corrected chi connectivity index (χ1v) is 5.20. The normalized spacial score (nSPS) is 17.4. The van der Waals surface area contributed by atoms with Crippen LogP contribution >= 0.6 is 11.8 Å². The predicted molar refractivity (Wildman–Crippen MR) is 58.8 cm³/mol. The summed E-state index contributed by atoms with van der Waals surface area (Å²) in [7, 11) is 0. The van der Waals surface area contributed by atoms with Crippen LogP contribution in [0.15, 0.2) is 40.4 Å². The van der Waals surface area contributed by atoms with Gasteiger partial charge in [0.25, 0.3) is 0 Å². The number of benzene rings is 1. The fraction of sp³-hybridized carbons (Fsp3) is 0. The van der Waals surface area contributed by atoms with Gasteiger partial charge in [-0.2, -0.15) is 0 Å². The first-order valence-electron chi connectivity index (χ1n) is 4.32. The third-order valence-electron chi connectivity index (χ3n) is 2.17. The van der Waals surface area contributed by atoms with Crippen molar-refractivity contribution in [2.75, 3.05) is 0 Å². The van der Waals surface area contributed by atoms with Crippen molar-refractivity contribution in [2.45, 2.75) is 0 Å². The Hall–Kier alpha value is -1.48. The second kappa shape index (κ2) is 3.03. The van der Waals surface area contributed by atoms with Gasteiger partial charge in [-0.05, 0) is 16.7 Å². The first kappa shape index (κ1) is 7.88. The van der Waals surface area contributed by atoms with Crippen molar-refractivity contribution < 1.29 is 4.84 Å². The van der Waals surface area contributed by atoms with E-state index in [-0.39, 0.29) is 0 Å². The molecule has 0 amide bonds. The maximum Gasteiger partial charge on any atom is 0.179 e. The van der Waals surface area contributed by atoms with E-state index in [1.807, 2.05) is 18.2 Å². The number of oxime groups is 1. The maximum atomic E-state index is 5.29. The highest BCUT2D eigenvalue weighted by molar-refractivity contribution is 8.10. The molecule has 2 heterocycles. The number of hydrogen-bond donors (Lipinski definition) is 0. The lowest BCUT2D eigenvalue weighted by Gasteiger charge is -2.13. The SMILES string of the molecule is C1=NOC2=c3ccccc3=CSC2=C1. The van der Waals surface area contributed by atoms with Gasteiger partial charge in [-0.1, -0.05) is 41.2 Å². The Bertz CT molecular complexity index is 557. The lowest BCUT2D eigenvalue weighted by atomic mass is 10.2. The van der Waals surface area contributed by atoms with Gasteiger partial charge in [-0.3, -0.25) is 0 Å². The second-order valence-electron chi connectivity index (χ2n) is 3.03. The molecule has 0 radical (unpaired) electrons. The molecule has 0 bridgehead atoms. The zero-order chi connectivity index (χ0) is 9.38. The van der Waals surface area contributed by atoms with Crippen LogP contribution in [0.3, 0.4) is 0 Å². The molecule has 0 aliphatic carbocycles. The minimum atomic E-state index is 0.871. The minimum Gasteiger partial charge on any atom is -0.355 e. The third kappa shape index (κ3) is 1.09. The summed E-state index contributed by atoms with van der Waals surface area (Å²) >= 11 is 1.67. The molecule has 0 unspecified atom stereocenters. The van der Waals surface area contributed by atoms with Gasteiger partial charge in [0.1, 0.15) is 0 Å². The summed E-state index contributed by atoms with van der Waals surface area (Å²) in [4.78, 5) is 6.41. The average molecular weight is 201 g/mol. The van der Waals surface area contributed by atoms with Crippen LogP contribution < -0.4 is 10.4 Å².